The molecule has 162 valence electrons. The molecule has 0 aliphatic carbocycles. The zero-order valence-corrected chi connectivity index (χ0v) is 20.6. The van der Waals surface area contributed by atoms with Crippen molar-refractivity contribution in [3.8, 4) is 0 Å². The van der Waals surface area contributed by atoms with Gasteiger partial charge in [-0.25, -0.2) is 4.98 Å². The van der Waals surface area contributed by atoms with Gasteiger partial charge in [0.05, 0.1) is 16.0 Å². The van der Waals surface area contributed by atoms with Crippen LogP contribution in [0.1, 0.15) is 19.4 Å². The summed E-state index contributed by atoms with van der Waals surface area (Å²) < 4.78 is 1.02. The van der Waals surface area contributed by atoms with Crippen LogP contribution in [-0.4, -0.2) is 47.7 Å². The number of benzene rings is 2. The Kier molecular flexibility index (Phi) is 9.91. The number of halogens is 2. The summed E-state index contributed by atoms with van der Waals surface area (Å²) in [5.74, 6) is 0.464. The van der Waals surface area contributed by atoms with E-state index in [0.717, 1.165) is 45.4 Å². The molecule has 0 aliphatic heterocycles. The van der Waals surface area contributed by atoms with Gasteiger partial charge in [-0.05, 0) is 49.8 Å². The van der Waals surface area contributed by atoms with E-state index >= 15 is 0 Å². The number of fused-ring (bicyclic) bond motifs is 1. The third-order valence-corrected chi connectivity index (χ3v) is 7.05. The molecule has 0 saturated heterocycles. The van der Waals surface area contributed by atoms with Gasteiger partial charge in [-0.1, -0.05) is 55.0 Å². The minimum Gasteiger partial charge on any atom is -0.302 e. The monoisotopic (exact) mass is 483 g/mol. The Morgan fingerprint density at radius 1 is 1.13 bits per heavy atom. The summed E-state index contributed by atoms with van der Waals surface area (Å²) in [5, 5.41) is 1.45. The van der Waals surface area contributed by atoms with Crippen molar-refractivity contribution in [1.82, 2.24) is 9.88 Å². The second-order valence-electron chi connectivity index (χ2n) is 6.74. The maximum atomic E-state index is 13.2. The maximum Gasteiger partial charge on any atom is 0.239 e. The molecule has 3 rings (SSSR count). The molecular formula is C22H27Cl2N3OS2. The lowest BCUT2D eigenvalue weighted by Crippen LogP contribution is -2.39. The number of aryl methyl sites for hydroxylation is 1. The van der Waals surface area contributed by atoms with Gasteiger partial charge in [-0.2, -0.15) is 0 Å². The zero-order chi connectivity index (χ0) is 20.8. The average molecular weight is 485 g/mol. The number of anilines is 1. The van der Waals surface area contributed by atoms with E-state index in [4.69, 9.17) is 16.6 Å². The smallest absolute Gasteiger partial charge is 0.239 e. The molecule has 1 aromatic heterocycles. The molecule has 0 aliphatic rings. The molecule has 0 saturated carbocycles. The number of carbonyl (C=O) groups excluding carboxylic acids is 1. The van der Waals surface area contributed by atoms with Gasteiger partial charge < -0.3 is 4.90 Å². The zero-order valence-electron chi connectivity index (χ0n) is 17.4. The third kappa shape index (κ3) is 6.34. The Morgan fingerprint density at radius 3 is 2.50 bits per heavy atom. The lowest BCUT2D eigenvalue weighted by molar-refractivity contribution is -0.116. The van der Waals surface area contributed by atoms with Crippen molar-refractivity contribution in [3.05, 3.63) is 53.1 Å². The first-order valence-electron chi connectivity index (χ1n) is 9.79. The predicted octanol–water partition coefficient (Wildman–Crippen LogP) is 6.15. The van der Waals surface area contributed by atoms with E-state index in [2.05, 4.69) is 18.7 Å². The fourth-order valence-electron chi connectivity index (χ4n) is 3.11. The second-order valence-corrected chi connectivity index (χ2v) is 9.23. The summed E-state index contributed by atoms with van der Waals surface area (Å²) in [6.45, 7) is 9.67. The highest BCUT2D eigenvalue weighted by molar-refractivity contribution is 8.00. The number of hydrogen-bond acceptors (Lipinski definition) is 5. The van der Waals surface area contributed by atoms with E-state index in [1.54, 1.807) is 11.8 Å². The van der Waals surface area contributed by atoms with E-state index in [9.17, 15) is 4.79 Å². The molecule has 1 heterocycles. The minimum absolute atomic E-state index is 0. The molecule has 0 bridgehead atoms. The van der Waals surface area contributed by atoms with Crippen LogP contribution >= 0.6 is 47.1 Å². The topological polar surface area (TPSA) is 36.4 Å². The van der Waals surface area contributed by atoms with E-state index in [1.165, 1.54) is 11.3 Å². The van der Waals surface area contributed by atoms with Crippen LogP contribution in [0.25, 0.3) is 10.2 Å². The Hall–Kier alpha value is -1.31. The number of rotatable bonds is 9. The van der Waals surface area contributed by atoms with Crippen molar-refractivity contribution < 1.29 is 4.79 Å². The Labute approximate surface area is 198 Å². The lowest BCUT2D eigenvalue weighted by atomic mass is 10.2. The van der Waals surface area contributed by atoms with Crippen molar-refractivity contribution >= 4 is 68.4 Å². The van der Waals surface area contributed by atoms with Gasteiger partial charge in [0.2, 0.25) is 5.91 Å². The van der Waals surface area contributed by atoms with Gasteiger partial charge in [-0.3, -0.25) is 9.69 Å². The maximum absolute atomic E-state index is 13.2. The van der Waals surface area contributed by atoms with Crippen LogP contribution in [0.3, 0.4) is 0 Å². The molecule has 0 atom stereocenters. The van der Waals surface area contributed by atoms with E-state index < -0.39 is 0 Å². The number of carbonyl (C=O) groups is 1. The summed E-state index contributed by atoms with van der Waals surface area (Å²) in [6, 6.07) is 13.9. The number of amides is 1. The molecule has 2 aromatic carbocycles. The number of thioether (sulfide) groups is 1. The highest BCUT2D eigenvalue weighted by Crippen LogP contribution is 2.33. The van der Waals surface area contributed by atoms with Crippen LogP contribution in [0, 0.1) is 6.92 Å². The number of likely N-dealkylation sites (N-methyl/N-ethyl adjacent to an activating group) is 1. The molecule has 0 fully saturated rings. The van der Waals surface area contributed by atoms with Crippen molar-refractivity contribution in [1.29, 1.82) is 0 Å². The lowest BCUT2D eigenvalue weighted by Gasteiger charge is -2.24. The number of thiazole rings is 1. The Morgan fingerprint density at radius 2 is 1.83 bits per heavy atom. The largest absolute Gasteiger partial charge is 0.302 e. The molecule has 8 heteroatoms. The Bertz CT molecular complexity index is 962. The van der Waals surface area contributed by atoms with Crippen LogP contribution in [0.2, 0.25) is 5.02 Å². The van der Waals surface area contributed by atoms with E-state index in [-0.39, 0.29) is 18.3 Å². The highest BCUT2D eigenvalue weighted by Gasteiger charge is 2.21. The summed E-state index contributed by atoms with van der Waals surface area (Å²) in [4.78, 5) is 23.2. The van der Waals surface area contributed by atoms with E-state index in [1.807, 2.05) is 54.3 Å². The van der Waals surface area contributed by atoms with Crippen LogP contribution in [0.5, 0.6) is 0 Å². The van der Waals surface area contributed by atoms with Gasteiger partial charge in [0.1, 0.15) is 0 Å². The predicted molar refractivity (Wildman–Crippen MR) is 134 cm³/mol. The standard InChI is InChI=1S/C22H26ClN3OS2.ClH/c1-4-25(5-2)11-12-26(20(27)15-28-18-9-7-6-8-10-18)22-24-21-16(3)13-17(23)14-19(21)29-22;/h6-10,13-14H,4-5,11-12,15H2,1-3H3;1H. The first-order valence-corrected chi connectivity index (χ1v) is 12.0. The third-order valence-electron chi connectivity index (χ3n) is 4.81. The number of nitrogens with zero attached hydrogens (tertiary/aromatic N) is 3. The van der Waals surface area contributed by atoms with Crippen molar-refractivity contribution in [2.24, 2.45) is 0 Å². The van der Waals surface area contributed by atoms with Gasteiger partial charge in [-0.15, -0.1) is 24.2 Å². The fraction of sp³-hybridized carbons (Fsp3) is 0.364. The molecule has 0 radical (unpaired) electrons. The SMILES string of the molecule is CCN(CC)CCN(C(=O)CSc1ccccc1)c1nc2c(C)cc(Cl)cc2s1.Cl. The van der Waals surface area contributed by atoms with Crippen molar-refractivity contribution in [3.63, 3.8) is 0 Å². The summed E-state index contributed by atoms with van der Waals surface area (Å²) in [6.07, 6.45) is 0. The van der Waals surface area contributed by atoms with Crippen molar-refractivity contribution in [2.45, 2.75) is 25.7 Å². The van der Waals surface area contributed by atoms with Gasteiger partial charge >= 0.3 is 0 Å². The summed E-state index contributed by atoms with van der Waals surface area (Å²) in [7, 11) is 0. The second kappa shape index (κ2) is 11.9. The van der Waals surface area contributed by atoms with Crippen molar-refractivity contribution in [2.75, 3.05) is 36.8 Å². The quantitative estimate of drug-likeness (QED) is 0.342. The molecule has 3 aromatic rings. The molecule has 30 heavy (non-hydrogen) atoms. The number of aromatic nitrogens is 1. The number of hydrogen-bond donors (Lipinski definition) is 0. The van der Waals surface area contributed by atoms with Gasteiger partial charge in [0.15, 0.2) is 5.13 Å². The molecule has 0 unspecified atom stereocenters. The van der Waals surface area contributed by atoms with Crippen LogP contribution in [-0.2, 0) is 4.79 Å². The molecule has 0 N–H and O–H groups in total. The van der Waals surface area contributed by atoms with Gasteiger partial charge in [0, 0.05) is 23.0 Å². The molecule has 4 nitrogen and oxygen atoms in total. The normalized spacial score (nSPS) is 11.0. The average Bonchev–Trinajstić information content (AvgIpc) is 3.14. The molecule has 1 amide bonds. The summed E-state index contributed by atoms with van der Waals surface area (Å²) in [5.41, 5.74) is 1.95. The highest BCUT2D eigenvalue weighted by atomic mass is 35.5. The van der Waals surface area contributed by atoms with Crippen LogP contribution in [0.15, 0.2) is 47.4 Å². The van der Waals surface area contributed by atoms with E-state index in [0.29, 0.717) is 17.3 Å². The molecular weight excluding hydrogens is 457 g/mol. The van der Waals surface area contributed by atoms with Crippen LogP contribution in [0.4, 0.5) is 5.13 Å². The molecule has 0 spiro atoms. The minimum atomic E-state index is 0. The van der Waals surface area contributed by atoms with Crippen LogP contribution < -0.4 is 4.90 Å². The Balaban J connectivity index is 0.00000320. The first kappa shape index (κ1) is 25.0. The summed E-state index contributed by atoms with van der Waals surface area (Å²) >= 11 is 9.31. The first-order chi connectivity index (χ1) is 14.0. The van der Waals surface area contributed by atoms with Gasteiger partial charge in [0.25, 0.3) is 0 Å². The fourth-order valence-corrected chi connectivity index (χ4v) is 5.37.